The molecule has 0 amide bonds. The molecule has 0 spiro atoms. The zero-order valence-electron chi connectivity index (χ0n) is 13.2. The largest absolute Gasteiger partial charge is 0.299 e. The first-order chi connectivity index (χ1) is 9.35. The molecule has 1 N–H and O–H groups in total. The fourth-order valence-corrected chi connectivity index (χ4v) is 3.13. The minimum Gasteiger partial charge on any atom is -0.299 e. The Hall–Kier alpha value is -0.430. The molecule has 1 heterocycles. The van der Waals surface area contributed by atoms with E-state index in [-0.39, 0.29) is 0 Å². The van der Waals surface area contributed by atoms with Crippen LogP contribution in [-0.4, -0.2) is 57.9 Å². The minimum absolute atomic E-state index is 0.529. The van der Waals surface area contributed by atoms with Crippen molar-refractivity contribution in [3.63, 3.8) is 0 Å². The molecule has 1 atom stereocenters. The highest BCUT2D eigenvalue weighted by Crippen LogP contribution is 2.20. The van der Waals surface area contributed by atoms with Crippen LogP contribution in [-0.2, 0) is 10.2 Å². The molecule has 1 unspecified atom stereocenters. The standard InChI is InChI=1S/C14H29N3O2S/c1-5-13(2)11-17-10-6-7-14(12-17)8-9-15-20(18,19)16(3)4/h5,14-15H,6-12H2,1-4H3/b13-5+. The third-order valence-corrected chi connectivity index (χ3v) is 5.42. The summed E-state index contributed by atoms with van der Waals surface area (Å²) in [6.07, 6.45) is 5.49. The number of nitrogens with one attached hydrogen (secondary N) is 1. The minimum atomic E-state index is -3.27. The van der Waals surface area contributed by atoms with Crippen molar-refractivity contribution in [1.82, 2.24) is 13.9 Å². The van der Waals surface area contributed by atoms with Crippen molar-refractivity contribution in [3.05, 3.63) is 11.6 Å². The molecule has 0 aromatic heterocycles. The van der Waals surface area contributed by atoms with Crippen LogP contribution in [0.3, 0.4) is 0 Å². The number of likely N-dealkylation sites (tertiary alicyclic amines) is 1. The second kappa shape index (κ2) is 8.12. The molecule has 1 fully saturated rings. The van der Waals surface area contributed by atoms with Crippen molar-refractivity contribution in [3.8, 4) is 0 Å². The van der Waals surface area contributed by atoms with Crippen LogP contribution in [0.5, 0.6) is 0 Å². The molecule has 20 heavy (non-hydrogen) atoms. The lowest BCUT2D eigenvalue weighted by molar-refractivity contribution is 0.181. The number of allylic oxidation sites excluding steroid dienone is 1. The summed E-state index contributed by atoms with van der Waals surface area (Å²) in [5, 5.41) is 0. The van der Waals surface area contributed by atoms with Gasteiger partial charge in [-0.15, -0.1) is 0 Å². The van der Waals surface area contributed by atoms with Gasteiger partial charge in [-0.05, 0) is 45.6 Å². The predicted octanol–water partition coefficient (Wildman–Crippen LogP) is 1.45. The number of hydrogen-bond acceptors (Lipinski definition) is 3. The Bertz CT molecular complexity index is 418. The van der Waals surface area contributed by atoms with Crippen molar-refractivity contribution in [2.24, 2.45) is 5.92 Å². The monoisotopic (exact) mass is 303 g/mol. The van der Waals surface area contributed by atoms with Crippen molar-refractivity contribution in [1.29, 1.82) is 0 Å². The van der Waals surface area contributed by atoms with E-state index in [0.29, 0.717) is 12.5 Å². The molecule has 1 aliphatic heterocycles. The Morgan fingerprint density at radius 3 is 2.75 bits per heavy atom. The van der Waals surface area contributed by atoms with Gasteiger partial charge in [0.2, 0.25) is 0 Å². The van der Waals surface area contributed by atoms with Crippen LogP contribution >= 0.6 is 0 Å². The fourth-order valence-electron chi connectivity index (χ4n) is 2.50. The Labute approximate surface area is 124 Å². The Morgan fingerprint density at radius 2 is 2.15 bits per heavy atom. The number of rotatable bonds is 7. The molecule has 1 rings (SSSR count). The molecule has 5 nitrogen and oxygen atoms in total. The number of hydrogen-bond donors (Lipinski definition) is 1. The third-order valence-electron chi connectivity index (χ3n) is 3.89. The van der Waals surface area contributed by atoms with Gasteiger partial charge in [0.1, 0.15) is 0 Å². The van der Waals surface area contributed by atoms with Crippen LogP contribution < -0.4 is 4.72 Å². The molecule has 0 aliphatic carbocycles. The second-order valence-corrected chi connectivity index (χ2v) is 7.82. The zero-order valence-corrected chi connectivity index (χ0v) is 14.0. The molecule has 118 valence electrons. The third kappa shape index (κ3) is 5.91. The molecule has 1 aliphatic rings. The summed E-state index contributed by atoms with van der Waals surface area (Å²) in [7, 11) is -0.183. The zero-order chi connectivity index (χ0) is 15.2. The lowest BCUT2D eigenvalue weighted by atomic mass is 9.94. The summed E-state index contributed by atoms with van der Waals surface area (Å²) < 4.78 is 27.1. The van der Waals surface area contributed by atoms with E-state index in [4.69, 9.17) is 0 Å². The first-order valence-corrected chi connectivity index (χ1v) is 8.80. The summed E-state index contributed by atoms with van der Waals surface area (Å²) in [4.78, 5) is 2.48. The van der Waals surface area contributed by atoms with Gasteiger partial charge in [-0.3, -0.25) is 4.90 Å². The van der Waals surface area contributed by atoms with Crippen molar-refractivity contribution in [2.45, 2.75) is 33.1 Å². The molecule has 0 saturated carbocycles. The van der Waals surface area contributed by atoms with Crippen LogP contribution in [0.25, 0.3) is 0 Å². The molecule has 0 bridgehead atoms. The van der Waals surface area contributed by atoms with E-state index in [1.807, 2.05) is 0 Å². The first kappa shape index (κ1) is 17.6. The van der Waals surface area contributed by atoms with Gasteiger partial charge < -0.3 is 0 Å². The highest BCUT2D eigenvalue weighted by atomic mass is 32.2. The predicted molar refractivity (Wildman–Crippen MR) is 83.8 cm³/mol. The quantitative estimate of drug-likeness (QED) is 0.724. The highest BCUT2D eigenvalue weighted by molar-refractivity contribution is 7.87. The van der Waals surface area contributed by atoms with Gasteiger partial charge in [0.05, 0.1) is 0 Å². The second-order valence-electron chi connectivity index (χ2n) is 5.85. The molecule has 1 saturated heterocycles. The van der Waals surface area contributed by atoms with E-state index in [1.165, 1.54) is 22.7 Å². The summed E-state index contributed by atoms with van der Waals surface area (Å²) in [6.45, 7) is 8.04. The summed E-state index contributed by atoms with van der Waals surface area (Å²) in [5.74, 6) is 0.596. The Balaban J connectivity index is 2.34. The average molecular weight is 303 g/mol. The molecular formula is C14H29N3O2S. The molecule has 0 aromatic carbocycles. The van der Waals surface area contributed by atoms with Gasteiger partial charge in [-0.25, -0.2) is 4.72 Å². The van der Waals surface area contributed by atoms with E-state index >= 15 is 0 Å². The van der Waals surface area contributed by atoms with Crippen molar-refractivity contribution < 1.29 is 8.42 Å². The van der Waals surface area contributed by atoms with E-state index in [0.717, 1.165) is 26.1 Å². The van der Waals surface area contributed by atoms with Crippen LogP contribution in [0.15, 0.2) is 11.6 Å². The van der Waals surface area contributed by atoms with E-state index < -0.39 is 10.2 Å². The van der Waals surface area contributed by atoms with Crippen LogP contribution in [0, 0.1) is 5.92 Å². The Kier molecular flexibility index (Phi) is 7.15. The van der Waals surface area contributed by atoms with Gasteiger partial charge >= 0.3 is 0 Å². The van der Waals surface area contributed by atoms with Crippen LogP contribution in [0.4, 0.5) is 0 Å². The molecule has 6 heteroatoms. The maximum atomic E-state index is 11.6. The topological polar surface area (TPSA) is 52.7 Å². The van der Waals surface area contributed by atoms with Gasteiger partial charge in [0.15, 0.2) is 0 Å². The molecule has 0 aromatic rings. The summed E-state index contributed by atoms with van der Waals surface area (Å²) in [6, 6.07) is 0. The lowest BCUT2D eigenvalue weighted by Gasteiger charge is -2.33. The van der Waals surface area contributed by atoms with Gasteiger partial charge in [0.25, 0.3) is 10.2 Å². The number of nitrogens with zero attached hydrogens (tertiary/aromatic N) is 2. The maximum Gasteiger partial charge on any atom is 0.278 e. The first-order valence-electron chi connectivity index (χ1n) is 7.36. The van der Waals surface area contributed by atoms with Gasteiger partial charge in [0, 0.05) is 33.7 Å². The Morgan fingerprint density at radius 1 is 1.45 bits per heavy atom. The molecular weight excluding hydrogens is 274 g/mol. The summed E-state index contributed by atoms with van der Waals surface area (Å²) >= 11 is 0. The average Bonchev–Trinajstić information content (AvgIpc) is 2.38. The van der Waals surface area contributed by atoms with Crippen LogP contribution in [0.2, 0.25) is 0 Å². The molecule has 0 radical (unpaired) electrons. The van der Waals surface area contributed by atoms with Crippen molar-refractivity contribution in [2.75, 3.05) is 40.3 Å². The van der Waals surface area contributed by atoms with Gasteiger partial charge in [-0.1, -0.05) is 11.6 Å². The lowest BCUT2D eigenvalue weighted by Crippen LogP contribution is -2.40. The smallest absolute Gasteiger partial charge is 0.278 e. The van der Waals surface area contributed by atoms with E-state index in [2.05, 4.69) is 29.5 Å². The van der Waals surface area contributed by atoms with E-state index in [9.17, 15) is 8.42 Å². The normalized spacial score (nSPS) is 22.4. The fraction of sp³-hybridized carbons (Fsp3) is 0.857. The number of piperidine rings is 1. The van der Waals surface area contributed by atoms with Gasteiger partial charge in [-0.2, -0.15) is 12.7 Å². The highest BCUT2D eigenvalue weighted by Gasteiger charge is 2.20. The van der Waals surface area contributed by atoms with Crippen LogP contribution in [0.1, 0.15) is 33.1 Å². The van der Waals surface area contributed by atoms with Crippen molar-refractivity contribution >= 4 is 10.2 Å². The maximum absolute atomic E-state index is 11.6. The van der Waals surface area contributed by atoms with E-state index in [1.54, 1.807) is 14.1 Å². The SMILES string of the molecule is C/C=C(\C)CN1CCCC(CCNS(=O)(=O)N(C)C)C1. The summed E-state index contributed by atoms with van der Waals surface area (Å²) in [5.41, 5.74) is 1.40.